The minimum Gasteiger partial charge on any atom is -0.472 e. The molecule has 3 aromatic rings. The van der Waals surface area contributed by atoms with Crippen LogP contribution >= 0.6 is 15.9 Å². The van der Waals surface area contributed by atoms with Gasteiger partial charge in [-0.05, 0) is 48.8 Å². The maximum Gasteiger partial charge on any atom is 0.325 e. The molecule has 1 aromatic carbocycles. The summed E-state index contributed by atoms with van der Waals surface area (Å²) in [5, 5.41) is 2.91. The number of nitrogens with one attached hydrogen (secondary N) is 1. The van der Waals surface area contributed by atoms with Gasteiger partial charge < -0.3 is 14.8 Å². The largest absolute Gasteiger partial charge is 0.472 e. The molecule has 0 aliphatic carbocycles. The Labute approximate surface area is 202 Å². The molecule has 12 heteroatoms. The molecule has 0 fully saturated rings. The molecule has 180 valence electrons. The van der Waals surface area contributed by atoms with Crippen LogP contribution in [0.1, 0.15) is 29.7 Å². The highest BCUT2D eigenvalue weighted by Gasteiger charge is 2.17. The summed E-state index contributed by atoms with van der Waals surface area (Å²) in [5.74, 6) is -0.742. The second-order valence-corrected chi connectivity index (χ2v) is 7.94. The van der Waals surface area contributed by atoms with Gasteiger partial charge in [-0.25, -0.2) is 18.7 Å². The van der Waals surface area contributed by atoms with Crippen molar-refractivity contribution in [1.29, 1.82) is 0 Å². The van der Waals surface area contributed by atoms with Crippen LogP contribution in [-0.2, 0) is 22.7 Å². The molecular weight excluding hydrogens is 516 g/mol. The predicted molar refractivity (Wildman–Crippen MR) is 123 cm³/mol. The molecule has 0 aliphatic heterocycles. The van der Waals surface area contributed by atoms with Crippen LogP contribution in [-0.4, -0.2) is 38.6 Å². The second kappa shape index (κ2) is 11.1. The lowest BCUT2D eigenvalue weighted by Crippen LogP contribution is -2.27. The zero-order valence-electron chi connectivity index (χ0n) is 18.7. The normalized spacial score (nSPS) is 10.8. The number of benzene rings is 1. The summed E-state index contributed by atoms with van der Waals surface area (Å²) in [5.41, 5.74) is 0.223. The Balaban J connectivity index is 1.83. The van der Waals surface area contributed by atoms with Gasteiger partial charge in [-0.3, -0.25) is 14.2 Å². The van der Waals surface area contributed by atoms with Gasteiger partial charge in [0.2, 0.25) is 5.88 Å². The van der Waals surface area contributed by atoms with Crippen LogP contribution in [0.15, 0.2) is 33.7 Å². The van der Waals surface area contributed by atoms with Crippen LogP contribution in [0.2, 0.25) is 0 Å². The lowest BCUT2D eigenvalue weighted by atomic mass is 10.2. The molecular formula is C22H22BrF2N5O4. The molecule has 0 aliphatic rings. The SMILES string of the molecule is CCOC(=O)CNc1nc(C)ncc1Cn1c(C)nc(OCc2ccc(F)cc2F)c(Br)c1=O. The first kappa shape index (κ1) is 25.2. The van der Waals surface area contributed by atoms with E-state index in [0.29, 0.717) is 23.0 Å². The van der Waals surface area contributed by atoms with Gasteiger partial charge in [0, 0.05) is 23.4 Å². The first-order valence-corrected chi connectivity index (χ1v) is 11.0. The Morgan fingerprint density at radius 1 is 1.21 bits per heavy atom. The molecule has 0 bridgehead atoms. The fourth-order valence-corrected chi connectivity index (χ4v) is 3.40. The van der Waals surface area contributed by atoms with E-state index in [2.05, 4.69) is 36.2 Å². The van der Waals surface area contributed by atoms with Gasteiger partial charge in [-0.2, -0.15) is 4.98 Å². The number of hydrogen-bond acceptors (Lipinski definition) is 8. The fourth-order valence-electron chi connectivity index (χ4n) is 2.98. The molecule has 0 saturated carbocycles. The van der Waals surface area contributed by atoms with Crippen molar-refractivity contribution in [2.45, 2.75) is 33.9 Å². The lowest BCUT2D eigenvalue weighted by molar-refractivity contribution is -0.140. The molecule has 0 radical (unpaired) electrons. The van der Waals surface area contributed by atoms with E-state index in [1.807, 2.05) is 0 Å². The predicted octanol–water partition coefficient (Wildman–Crippen LogP) is 3.29. The van der Waals surface area contributed by atoms with Crippen molar-refractivity contribution in [3.63, 3.8) is 0 Å². The van der Waals surface area contributed by atoms with Crippen LogP contribution < -0.4 is 15.6 Å². The molecule has 2 heterocycles. The summed E-state index contributed by atoms with van der Waals surface area (Å²) in [6.45, 7) is 5.00. The van der Waals surface area contributed by atoms with Gasteiger partial charge in [-0.1, -0.05) is 0 Å². The van der Waals surface area contributed by atoms with Gasteiger partial charge in [0.1, 0.15) is 46.7 Å². The summed E-state index contributed by atoms with van der Waals surface area (Å²) in [7, 11) is 0. The minimum atomic E-state index is -0.761. The molecule has 0 atom stereocenters. The lowest BCUT2D eigenvalue weighted by Gasteiger charge is -2.16. The number of nitrogens with zero attached hydrogens (tertiary/aromatic N) is 4. The van der Waals surface area contributed by atoms with E-state index in [1.54, 1.807) is 27.0 Å². The minimum absolute atomic E-state index is 0.0247. The average Bonchev–Trinajstić information content (AvgIpc) is 2.79. The number of carbonyl (C=O) groups excluding carboxylic acids is 1. The van der Waals surface area contributed by atoms with Gasteiger partial charge in [0.25, 0.3) is 5.56 Å². The number of aryl methyl sites for hydroxylation is 2. The number of rotatable bonds is 9. The van der Waals surface area contributed by atoms with Gasteiger partial charge in [0.15, 0.2) is 0 Å². The Morgan fingerprint density at radius 3 is 2.68 bits per heavy atom. The van der Waals surface area contributed by atoms with E-state index >= 15 is 0 Å². The van der Waals surface area contributed by atoms with E-state index < -0.39 is 23.2 Å². The van der Waals surface area contributed by atoms with Crippen molar-refractivity contribution in [3.05, 3.63) is 73.6 Å². The third kappa shape index (κ3) is 6.13. The maximum atomic E-state index is 13.9. The average molecular weight is 538 g/mol. The Hall–Kier alpha value is -3.41. The van der Waals surface area contributed by atoms with Crippen molar-refractivity contribution < 1.29 is 23.0 Å². The number of carbonyl (C=O) groups is 1. The Kier molecular flexibility index (Phi) is 8.26. The quantitative estimate of drug-likeness (QED) is 0.414. The summed E-state index contributed by atoms with van der Waals surface area (Å²) >= 11 is 3.20. The summed E-state index contributed by atoms with van der Waals surface area (Å²) in [6, 6.07) is 3.13. The van der Waals surface area contributed by atoms with Gasteiger partial charge in [0.05, 0.1) is 13.2 Å². The highest BCUT2D eigenvalue weighted by atomic mass is 79.9. The van der Waals surface area contributed by atoms with E-state index in [-0.39, 0.29) is 42.2 Å². The summed E-state index contributed by atoms with van der Waals surface area (Å²) < 4.78 is 38.8. The number of ether oxygens (including phenoxy) is 2. The second-order valence-electron chi connectivity index (χ2n) is 7.14. The van der Waals surface area contributed by atoms with Crippen LogP contribution in [0, 0.1) is 25.5 Å². The number of esters is 1. The first-order chi connectivity index (χ1) is 16.2. The van der Waals surface area contributed by atoms with E-state index in [9.17, 15) is 18.4 Å². The van der Waals surface area contributed by atoms with Crippen molar-refractivity contribution >= 4 is 27.7 Å². The number of hydrogen-bond donors (Lipinski definition) is 1. The molecule has 0 unspecified atom stereocenters. The monoisotopic (exact) mass is 537 g/mol. The first-order valence-electron chi connectivity index (χ1n) is 10.2. The highest BCUT2D eigenvalue weighted by Crippen LogP contribution is 2.22. The number of anilines is 1. The smallest absolute Gasteiger partial charge is 0.325 e. The molecule has 9 nitrogen and oxygen atoms in total. The van der Waals surface area contributed by atoms with Gasteiger partial charge in [-0.15, -0.1) is 0 Å². The molecule has 34 heavy (non-hydrogen) atoms. The molecule has 0 saturated heterocycles. The standard InChI is InChI=1S/C22H22BrF2N5O4/c1-4-33-18(31)9-27-20-15(8-26-12(2)28-20)10-30-13(3)29-21(19(23)22(30)32)34-11-14-5-6-16(24)7-17(14)25/h5-8H,4,9-11H2,1-3H3,(H,26,27,28). The van der Waals surface area contributed by atoms with E-state index in [1.165, 1.54) is 10.6 Å². The molecule has 1 N–H and O–H groups in total. The Morgan fingerprint density at radius 2 is 1.97 bits per heavy atom. The third-order valence-corrected chi connectivity index (χ3v) is 5.35. The summed E-state index contributed by atoms with van der Waals surface area (Å²) in [6.07, 6.45) is 1.55. The van der Waals surface area contributed by atoms with Crippen molar-refractivity contribution in [3.8, 4) is 5.88 Å². The van der Waals surface area contributed by atoms with Crippen LogP contribution in [0.5, 0.6) is 5.88 Å². The van der Waals surface area contributed by atoms with E-state index in [0.717, 1.165) is 12.1 Å². The molecule has 0 spiro atoms. The molecule has 3 rings (SSSR count). The van der Waals surface area contributed by atoms with Crippen LogP contribution in [0.3, 0.4) is 0 Å². The zero-order chi connectivity index (χ0) is 24.8. The molecule has 2 aromatic heterocycles. The third-order valence-electron chi connectivity index (χ3n) is 4.67. The van der Waals surface area contributed by atoms with Crippen LogP contribution in [0.4, 0.5) is 14.6 Å². The van der Waals surface area contributed by atoms with E-state index in [4.69, 9.17) is 9.47 Å². The fraction of sp³-hybridized carbons (Fsp3) is 0.318. The zero-order valence-corrected chi connectivity index (χ0v) is 20.3. The number of aromatic nitrogens is 4. The van der Waals surface area contributed by atoms with Crippen molar-refractivity contribution in [2.24, 2.45) is 0 Å². The van der Waals surface area contributed by atoms with Crippen molar-refractivity contribution in [2.75, 3.05) is 18.5 Å². The maximum absolute atomic E-state index is 13.9. The number of halogens is 3. The van der Waals surface area contributed by atoms with Crippen molar-refractivity contribution in [1.82, 2.24) is 19.5 Å². The topological polar surface area (TPSA) is 108 Å². The highest BCUT2D eigenvalue weighted by molar-refractivity contribution is 9.10. The van der Waals surface area contributed by atoms with Gasteiger partial charge >= 0.3 is 5.97 Å². The molecule has 0 amide bonds. The Bertz CT molecular complexity index is 1270. The summed E-state index contributed by atoms with van der Waals surface area (Å²) in [4.78, 5) is 37.5. The van der Waals surface area contributed by atoms with Crippen LogP contribution in [0.25, 0.3) is 0 Å².